The molecule has 0 saturated heterocycles. The van der Waals surface area contributed by atoms with Crippen molar-refractivity contribution in [3.63, 3.8) is 0 Å². The van der Waals surface area contributed by atoms with E-state index in [9.17, 15) is 0 Å². The van der Waals surface area contributed by atoms with E-state index in [1.807, 2.05) is 34.8 Å². The number of benzene rings is 16. The number of thiophene rings is 3. The number of fused-ring (bicyclic) bond motifs is 26. The van der Waals surface area contributed by atoms with E-state index in [1.165, 1.54) is 95.8 Å². The predicted octanol–water partition coefficient (Wildman–Crippen LogP) is 29.0. The summed E-state index contributed by atoms with van der Waals surface area (Å²) >= 11 is 5.40. The summed E-state index contributed by atoms with van der Waals surface area (Å²) in [7, 11) is 0. The fraction of sp³-hybridized carbons (Fsp3) is 0. The second kappa shape index (κ2) is 25.4. The number of aromatic nitrogens is 8. The summed E-state index contributed by atoms with van der Waals surface area (Å²) < 4.78 is 22.9. The lowest BCUT2D eigenvalue weighted by Gasteiger charge is -2.11. The van der Waals surface area contributed by atoms with Crippen molar-refractivity contribution in [1.29, 1.82) is 0 Å². The molecule has 0 N–H and O–H groups in total. The van der Waals surface area contributed by atoms with Crippen molar-refractivity contribution < 1.29 is 4.42 Å². The molecule has 0 amide bonds. The monoisotopic (exact) mass is 1530 g/mol. The van der Waals surface area contributed by atoms with E-state index in [-0.39, 0.29) is 0 Å². The minimum Gasteiger partial charge on any atom is -0.455 e. The Labute approximate surface area is 673 Å². The molecule has 0 fully saturated rings. The molecular formula is C104H60N8OS3. The van der Waals surface area contributed by atoms with Crippen LogP contribution in [0.25, 0.3) is 238 Å². The lowest BCUT2D eigenvalue weighted by Crippen LogP contribution is -2.02. The van der Waals surface area contributed by atoms with Crippen molar-refractivity contribution in [1.82, 2.24) is 38.2 Å². The van der Waals surface area contributed by atoms with Crippen LogP contribution in [0.5, 0.6) is 0 Å². The highest BCUT2D eigenvalue weighted by atomic mass is 32.1. The lowest BCUT2D eigenvalue weighted by molar-refractivity contribution is 0.673. The van der Waals surface area contributed by atoms with E-state index in [4.69, 9.17) is 24.4 Å². The van der Waals surface area contributed by atoms with E-state index in [0.717, 1.165) is 130 Å². The molecule has 12 heteroatoms. The number of rotatable bonds is 8. The molecule has 16 aromatic carbocycles. The summed E-state index contributed by atoms with van der Waals surface area (Å²) in [6, 6.07) is 130. The fourth-order valence-corrected chi connectivity index (χ4v) is 22.1. The Bertz CT molecular complexity index is 8590. The Hall–Kier alpha value is -14.7. The van der Waals surface area contributed by atoms with Gasteiger partial charge in [-0.15, -0.1) is 34.0 Å². The SMILES string of the molecule is c1ccc(-c2nc(-n3c4ccccc4c4cc(-c5ccc6c(c5)c5ccccc5n6-c5ccccc5)ccc43)nc3c2sc2c3ccc3c4ccccc4sc32)cc1.c1ccc(-c2nc(-n3c4ccccc4c4cc(-c5ccc6c7ccccc7n(-c7ccccc7)c6c5)ccc43)nc3c2sc2c3ccc3c4ccccc4oc32)cc1. The van der Waals surface area contributed by atoms with Gasteiger partial charge < -0.3 is 13.6 Å². The Morgan fingerprint density at radius 2 is 0.560 bits per heavy atom. The standard InChI is InChI=1S/C52H30N4OS.C52H30N4S2/c1-3-13-31(14-4-1)47-51-48(40-27-26-39-38-19-9-12-22-46(38)57-49(39)50(40)58-51)54-52(53-47)56-43-21-11-8-18-36(43)41-29-32(24-28-44(41)56)33-23-25-37-35-17-7-10-20-42(35)55(45(37)30-33)34-15-5-2-6-16-34;1-3-13-31(14-4-1)47-51-48(39-26-25-38-37-19-9-12-22-46(37)57-49(38)50(39)58-51)54-52(53-47)56-43-21-11-8-18-36(43)41-30-33(24-28-45(41)56)32-23-27-44-40(29-32)35-17-7-10-20-42(35)55(44)34-15-5-2-6-16-34/h2*1-30H. The third kappa shape index (κ3) is 9.78. The van der Waals surface area contributed by atoms with Crippen LogP contribution in [0, 0.1) is 0 Å². The number of hydrogen-bond donors (Lipinski definition) is 0. The van der Waals surface area contributed by atoms with Crippen LogP contribution in [-0.4, -0.2) is 38.2 Å². The van der Waals surface area contributed by atoms with Gasteiger partial charge in [-0.3, -0.25) is 9.13 Å². The third-order valence-corrected chi connectivity index (χ3v) is 27.3. The Kier molecular flexibility index (Phi) is 14.2. The van der Waals surface area contributed by atoms with Gasteiger partial charge in [-0.1, -0.05) is 255 Å². The molecule has 0 aliphatic rings. The van der Waals surface area contributed by atoms with E-state index in [0.29, 0.717) is 11.9 Å². The van der Waals surface area contributed by atoms with Crippen molar-refractivity contribution in [2.45, 2.75) is 0 Å². The van der Waals surface area contributed by atoms with Crippen LogP contribution in [0.3, 0.4) is 0 Å². The van der Waals surface area contributed by atoms with Gasteiger partial charge in [0.25, 0.3) is 0 Å². The summed E-state index contributed by atoms with van der Waals surface area (Å²) in [6.45, 7) is 0. The minimum absolute atomic E-state index is 0.642. The molecule has 116 heavy (non-hydrogen) atoms. The molecule has 0 aliphatic carbocycles. The molecule has 10 heterocycles. The summed E-state index contributed by atoms with van der Waals surface area (Å²) in [5, 5.41) is 16.7. The number of hydrogen-bond acceptors (Lipinski definition) is 8. The van der Waals surface area contributed by atoms with E-state index in [2.05, 4.69) is 370 Å². The van der Waals surface area contributed by atoms with Crippen LogP contribution in [0.2, 0.25) is 0 Å². The predicted molar refractivity (Wildman–Crippen MR) is 489 cm³/mol. The first-order chi connectivity index (χ1) is 57.5. The summed E-state index contributed by atoms with van der Waals surface area (Å²) in [6.07, 6.45) is 0. The van der Waals surface area contributed by atoms with Crippen molar-refractivity contribution in [3.8, 4) is 68.0 Å². The van der Waals surface area contributed by atoms with E-state index in [1.54, 1.807) is 11.3 Å². The zero-order valence-corrected chi connectivity index (χ0v) is 64.3. The van der Waals surface area contributed by atoms with Gasteiger partial charge in [-0.05, 0) is 131 Å². The highest BCUT2D eigenvalue weighted by molar-refractivity contribution is 7.33. The first-order valence-corrected chi connectivity index (χ1v) is 41.4. The molecule has 0 radical (unpaired) electrons. The minimum atomic E-state index is 0.642. The molecule has 0 saturated carbocycles. The molecule has 0 atom stereocenters. The first kappa shape index (κ1) is 64.9. The highest BCUT2D eigenvalue weighted by Crippen LogP contribution is 2.50. The van der Waals surface area contributed by atoms with Crippen molar-refractivity contribution in [2.75, 3.05) is 0 Å². The number of furan rings is 1. The zero-order chi connectivity index (χ0) is 75.8. The van der Waals surface area contributed by atoms with Gasteiger partial charge in [0.2, 0.25) is 11.9 Å². The molecular weight excluding hydrogens is 1470 g/mol. The third-order valence-electron chi connectivity index (χ3n) is 23.5. The molecule has 0 aliphatic heterocycles. The maximum atomic E-state index is 6.53. The molecule has 0 bridgehead atoms. The van der Waals surface area contributed by atoms with Gasteiger partial charge in [-0.25, -0.2) is 19.9 Å². The average Bonchev–Trinajstić information content (AvgIpc) is 1.56. The van der Waals surface area contributed by atoms with E-state index < -0.39 is 0 Å². The van der Waals surface area contributed by atoms with Gasteiger partial charge in [0.15, 0.2) is 5.58 Å². The summed E-state index contributed by atoms with van der Waals surface area (Å²) in [5.41, 5.74) is 23.8. The second-order valence-corrected chi connectivity index (χ2v) is 33.0. The first-order valence-electron chi connectivity index (χ1n) is 39.0. The van der Waals surface area contributed by atoms with Gasteiger partial charge in [0.05, 0.1) is 90.1 Å². The maximum absolute atomic E-state index is 6.53. The van der Waals surface area contributed by atoms with E-state index >= 15 is 0 Å². The molecule has 0 unspecified atom stereocenters. The smallest absolute Gasteiger partial charge is 0.235 e. The van der Waals surface area contributed by atoms with Gasteiger partial charge >= 0.3 is 0 Å². The van der Waals surface area contributed by atoms with Crippen LogP contribution in [0.15, 0.2) is 368 Å². The normalized spacial score (nSPS) is 12.1. The van der Waals surface area contributed by atoms with Crippen molar-refractivity contribution >= 4 is 204 Å². The summed E-state index contributed by atoms with van der Waals surface area (Å²) in [4.78, 5) is 21.8. The van der Waals surface area contributed by atoms with Gasteiger partial charge in [0, 0.05) is 103 Å². The van der Waals surface area contributed by atoms with Crippen molar-refractivity contribution in [3.05, 3.63) is 364 Å². The lowest BCUT2D eigenvalue weighted by atomic mass is 10.0. The van der Waals surface area contributed by atoms with Crippen LogP contribution in [-0.2, 0) is 0 Å². The largest absolute Gasteiger partial charge is 0.455 e. The average molecular weight is 1530 g/mol. The van der Waals surface area contributed by atoms with Crippen LogP contribution < -0.4 is 0 Å². The van der Waals surface area contributed by atoms with Gasteiger partial charge in [-0.2, -0.15) is 0 Å². The second-order valence-electron chi connectivity index (χ2n) is 29.9. The van der Waals surface area contributed by atoms with Crippen LogP contribution in [0.4, 0.5) is 0 Å². The van der Waals surface area contributed by atoms with Gasteiger partial charge in [0.1, 0.15) is 5.58 Å². The molecule has 540 valence electrons. The molecule has 9 nitrogen and oxygen atoms in total. The molecule has 26 aromatic rings. The quantitative estimate of drug-likeness (QED) is 0.151. The molecule has 26 rings (SSSR count). The van der Waals surface area contributed by atoms with Crippen LogP contribution in [0.1, 0.15) is 0 Å². The Morgan fingerprint density at radius 3 is 1.09 bits per heavy atom. The highest BCUT2D eigenvalue weighted by Gasteiger charge is 2.27. The summed E-state index contributed by atoms with van der Waals surface area (Å²) in [5.74, 6) is 1.32. The number of para-hydroxylation sites is 7. The Balaban J connectivity index is 0.000000130. The molecule has 0 spiro atoms. The number of nitrogens with zero attached hydrogens (tertiary/aromatic N) is 8. The van der Waals surface area contributed by atoms with Crippen LogP contribution >= 0.6 is 34.0 Å². The maximum Gasteiger partial charge on any atom is 0.235 e. The topological polar surface area (TPSA) is 84.4 Å². The zero-order valence-electron chi connectivity index (χ0n) is 61.9. The fourth-order valence-electron chi connectivity index (χ4n) is 18.3. The van der Waals surface area contributed by atoms with Crippen molar-refractivity contribution in [2.24, 2.45) is 0 Å². The Morgan fingerprint density at radius 1 is 0.207 bits per heavy atom. The molecule has 10 aromatic heterocycles.